The molecule has 0 saturated carbocycles. The summed E-state index contributed by atoms with van der Waals surface area (Å²) in [5.41, 5.74) is 0.509. The van der Waals surface area contributed by atoms with Gasteiger partial charge in [-0.15, -0.1) is 0 Å². The van der Waals surface area contributed by atoms with Crippen molar-refractivity contribution in [2.75, 3.05) is 30.2 Å². The zero-order valence-corrected chi connectivity index (χ0v) is 17.5. The van der Waals surface area contributed by atoms with Crippen LogP contribution >= 0.6 is 0 Å². The average molecular weight is 398 g/mol. The predicted octanol–water partition coefficient (Wildman–Crippen LogP) is 2.67. The Morgan fingerprint density at radius 1 is 1.33 bits per heavy atom. The van der Waals surface area contributed by atoms with Crippen LogP contribution in [0.2, 0.25) is 0 Å². The second-order valence-corrected chi connectivity index (χ2v) is 9.64. The maximum Gasteiger partial charge on any atom is 0.234 e. The Kier molecular flexibility index (Phi) is 7.47. The number of piperidine rings is 1. The van der Waals surface area contributed by atoms with Gasteiger partial charge < -0.3 is 9.64 Å². The van der Waals surface area contributed by atoms with Gasteiger partial charge in [0.2, 0.25) is 21.8 Å². The molecule has 0 N–H and O–H groups in total. The first kappa shape index (κ1) is 21.5. The van der Waals surface area contributed by atoms with E-state index in [4.69, 9.17) is 4.74 Å². The highest BCUT2D eigenvalue weighted by Crippen LogP contribution is 2.22. The Hall–Kier alpha value is -1.83. The van der Waals surface area contributed by atoms with Gasteiger partial charge in [0, 0.05) is 45.5 Å². The van der Waals surface area contributed by atoms with Crippen molar-refractivity contribution in [2.24, 2.45) is 5.92 Å². The minimum absolute atomic E-state index is 0.0228. The van der Waals surface area contributed by atoms with Gasteiger partial charge in [0.25, 0.3) is 0 Å². The molecule has 0 atom stereocenters. The molecule has 1 aliphatic rings. The number of amides is 1. The molecule has 7 nitrogen and oxygen atoms in total. The fraction of sp³-hybridized carbons (Fsp3) is 0.684. The molecule has 2 rings (SSSR count). The summed E-state index contributed by atoms with van der Waals surface area (Å²) in [6, 6.07) is 3.39. The Balaban J connectivity index is 1.84. The van der Waals surface area contributed by atoms with E-state index in [1.807, 2.05) is 4.90 Å². The Bertz CT molecular complexity index is 711. The Labute approximate surface area is 162 Å². The molecule has 0 aromatic carbocycles. The minimum atomic E-state index is -3.30. The van der Waals surface area contributed by atoms with E-state index in [0.29, 0.717) is 37.0 Å². The minimum Gasteiger partial charge on any atom is -0.474 e. The number of hydrogen-bond donors (Lipinski definition) is 0. The maximum atomic E-state index is 12.2. The van der Waals surface area contributed by atoms with Crippen LogP contribution in [0.3, 0.4) is 0 Å². The van der Waals surface area contributed by atoms with Crippen molar-refractivity contribution in [2.45, 2.75) is 52.6 Å². The van der Waals surface area contributed by atoms with Gasteiger partial charge in [0.15, 0.2) is 0 Å². The van der Waals surface area contributed by atoms with E-state index in [2.05, 4.69) is 18.8 Å². The van der Waals surface area contributed by atoms with Gasteiger partial charge in [-0.1, -0.05) is 13.8 Å². The topological polar surface area (TPSA) is 79.8 Å². The number of rotatable bonds is 8. The summed E-state index contributed by atoms with van der Waals surface area (Å²) in [7, 11) is -1.78. The molecule has 152 valence electrons. The monoisotopic (exact) mass is 397 g/mol. The third-order valence-corrected chi connectivity index (χ3v) is 6.66. The van der Waals surface area contributed by atoms with Gasteiger partial charge in [-0.25, -0.2) is 13.4 Å². The fourth-order valence-electron chi connectivity index (χ4n) is 2.95. The molecule has 1 aliphatic heterocycles. The number of likely N-dealkylation sites (tertiary alicyclic amines) is 1. The van der Waals surface area contributed by atoms with E-state index in [9.17, 15) is 13.2 Å². The number of anilines is 1. The van der Waals surface area contributed by atoms with Crippen LogP contribution in [0.1, 0.15) is 46.5 Å². The highest BCUT2D eigenvalue weighted by Gasteiger charge is 2.24. The second-order valence-electron chi connectivity index (χ2n) is 7.35. The molecular formula is C19H31N3O4S. The van der Waals surface area contributed by atoms with Crippen LogP contribution in [-0.4, -0.2) is 56.2 Å². The van der Waals surface area contributed by atoms with Gasteiger partial charge in [0.1, 0.15) is 6.10 Å². The zero-order valence-electron chi connectivity index (χ0n) is 16.7. The predicted molar refractivity (Wildman–Crippen MR) is 106 cm³/mol. The Morgan fingerprint density at radius 3 is 2.52 bits per heavy atom. The Morgan fingerprint density at radius 2 is 2.00 bits per heavy atom. The van der Waals surface area contributed by atoms with E-state index >= 15 is 0 Å². The lowest BCUT2D eigenvalue weighted by Crippen LogP contribution is -2.41. The summed E-state index contributed by atoms with van der Waals surface area (Å²) in [6.07, 6.45) is 4.62. The number of sulfonamides is 1. The molecular weight excluding hydrogens is 366 g/mol. The van der Waals surface area contributed by atoms with Crippen molar-refractivity contribution in [1.29, 1.82) is 0 Å². The number of hydrogen-bond acceptors (Lipinski definition) is 5. The van der Waals surface area contributed by atoms with Crippen LogP contribution in [0.5, 0.6) is 5.88 Å². The van der Waals surface area contributed by atoms with Gasteiger partial charge in [-0.3, -0.25) is 9.10 Å². The molecule has 8 heteroatoms. The van der Waals surface area contributed by atoms with Crippen LogP contribution in [0, 0.1) is 5.92 Å². The molecule has 0 aliphatic carbocycles. The van der Waals surface area contributed by atoms with Gasteiger partial charge in [-0.05, 0) is 25.3 Å². The summed E-state index contributed by atoms with van der Waals surface area (Å²) in [5, 5.41) is 0. The standard InChI is InChI=1S/C19H31N3O4S/c1-5-27(24,25)21(4)16-7-8-18(20-14-16)26-17-10-12-22(13-11-17)19(23)9-6-15(2)3/h7-8,14-15,17H,5-6,9-13H2,1-4H3. The molecule has 27 heavy (non-hydrogen) atoms. The zero-order chi connectivity index (χ0) is 20.0. The van der Waals surface area contributed by atoms with Crippen molar-refractivity contribution in [1.82, 2.24) is 9.88 Å². The van der Waals surface area contributed by atoms with Crippen molar-refractivity contribution >= 4 is 21.6 Å². The molecule has 1 saturated heterocycles. The molecule has 0 bridgehead atoms. The maximum absolute atomic E-state index is 12.2. The van der Waals surface area contributed by atoms with Gasteiger partial charge >= 0.3 is 0 Å². The number of carbonyl (C=O) groups excluding carboxylic acids is 1. The quantitative estimate of drug-likeness (QED) is 0.674. The van der Waals surface area contributed by atoms with Crippen LogP contribution in [0.15, 0.2) is 18.3 Å². The van der Waals surface area contributed by atoms with Crippen molar-refractivity contribution < 1.29 is 17.9 Å². The van der Waals surface area contributed by atoms with Crippen LogP contribution < -0.4 is 9.04 Å². The SMILES string of the molecule is CCS(=O)(=O)N(C)c1ccc(OC2CCN(C(=O)CCC(C)C)CC2)nc1. The third kappa shape index (κ3) is 6.09. The van der Waals surface area contributed by atoms with Crippen molar-refractivity contribution in [3.05, 3.63) is 18.3 Å². The van der Waals surface area contributed by atoms with E-state index in [1.54, 1.807) is 19.1 Å². The summed E-state index contributed by atoms with van der Waals surface area (Å²) < 4.78 is 30.9. The molecule has 0 unspecified atom stereocenters. The fourth-order valence-corrected chi connectivity index (χ4v) is 3.76. The first-order chi connectivity index (χ1) is 12.7. The smallest absolute Gasteiger partial charge is 0.234 e. The summed E-state index contributed by atoms with van der Waals surface area (Å²) in [6.45, 7) is 7.27. The number of pyridine rings is 1. The van der Waals surface area contributed by atoms with E-state index < -0.39 is 10.0 Å². The van der Waals surface area contributed by atoms with E-state index in [-0.39, 0.29) is 17.8 Å². The number of carbonyl (C=O) groups is 1. The van der Waals surface area contributed by atoms with Gasteiger partial charge in [0.05, 0.1) is 17.6 Å². The molecule has 1 aromatic heterocycles. The van der Waals surface area contributed by atoms with Gasteiger partial charge in [-0.2, -0.15) is 0 Å². The number of nitrogens with zero attached hydrogens (tertiary/aromatic N) is 3. The number of ether oxygens (including phenoxy) is 1. The van der Waals surface area contributed by atoms with Crippen LogP contribution in [-0.2, 0) is 14.8 Å². The summed E-state index contributed by atoms with van der Waals surface area (Å²) in [4.78, 5) is 18.3. The summed E-state index contributed by atoms with van der Waals surface area (Å²) in [5.74, 6) is 1.28. The lowest BCUT2D eigenvalue weighted by molar-refractivity contribution is -0.133. The summed E-state index contributed by atoms with van der Waals surface area (Å²) >= 11 is 0. The molecule has 0 radical (unpaired) electrons. The van der Waals surface area contributed by atoms with E-state index in [1.165, 1.54) is 17.5 Å². The molecule has 1 fully saturated rings. The highest BCUT2D eigenvalue weighted by atomic mass is 32.2. The highest BCUT2D eigenvalue weighted by molar-refractivity contribution is 7.92. The van der Waals surface area contributed by atoms with Crippen molar-refractivity contribution in [3.63, 3.8) is 0 Å². The first-order valence-corrected chi connectivity index (χ1v) is 11.2. The largest absolute Gasteiger partial charge is 0.474 e. The van der Waals surface area contributed by atoms with Crippen molar-refractivity contribution in [3.8, 4) is 5.88 Å². The molecule has 1 aromatic rings. The van der Waals surface area contributed by atoms with E-state index in [0.717, 1.165) is 19.3 Å². The molecule has 0 spiro atoms. The second kappa shape index (κ2) is 9.39. The first-order valence-electron chi connectivity index (χ1n) is 9.60. The van der Waals surface area contributed by atoms with Crippen LogP contribution in [0.4, 0.5) is 5.69 Å². The van der Waals surface area contributed by atoms with Crippen LogP contribution in [0.25, 0.3) is 0 Å². The number of aromatic nitrogens is 1. The molecule has 2 heterocycles. The molecule has 1 amide bonds. The normalized spacial score (nSPS) is 15.8. The third-order valence-electron chi connectivity index (χ3n) is 4.88. The lowest BCUT2D eigenvalue weighted by Gasteiger charge is -2.32. The lowest BCUT2D eigenvalue weighted by atomic mass is 10.0. The average Bonchev–Trinajstić information content (AvgIpc) is 2.66.